The van der Waals surface area contributed by atoms with E-state index in [2.05, 4.69) is 4.90 Å². The van der Waals surface area contributed by atoms with Gasteiger partial charge >= 0.3 is 0 Å². The van der Waals surface area contributed by atoms with Crippen molar-refractivity contribution in [2.24, 2.45) is 0 Å². The molecule has 2 saturated heterocycles. The summed E-state index contributed by atoms with van der Waals surface area (Å²) in [5.74, 6) is 0. The third-order valence-electron chi connectivity index (χ3n) is 4.00. The molecule has 1 aromatic carbocycles. The van der Waals surface area contributed by atoms with Crippen LogP contribution in [0.3, 0.4) is 0 Å². The lowest BCUT2D eigenvalue weighted by Crippen LogP contribution is -2.48. The Morgan fingerprint density at radius 1 is 1.18 bits per heavy atom. The minimum absolute atomic E-state index is 0.0251. The molecule has 2 heterocycles. The number of piperazine rings is 1. The number of ether oxygens (including phenoxy) is 1. The number of rotatable bonds is 4. The van der Waals surface area contributed by atoms with Crippen LogP contribution in [0.25, 0.3) is 0 Å². The molecule has 2 atom stereocenters. The van der Waals surface area contributed by atoms with Crippen molar-refractivity contribution < 1.29 is 18.1 Å². The normalized spacial score (nSPS) is 26.8. The van der Waals surface area contributed by atoms with Gasteiger partial charge in [0.25, 0.3) is 5.69 Å². The predicted octanol–water partition coefficient (Wildman–Crippen LogP) is 0.569. The Bertz CT molecular complexity index is 667. The predicted molar refractivity (Wildman–Crippen MR) is 78.7 cm³/mol. The summed E-state index contributed by atoms with van der Waals surface area (Å²) >= 11 is 0. The maximum absolute atomic E-state index is 12.5. The number of hydrogen-bond acceptors (Lipinski definition) is 6. The molecule has 0 saturated carbocycles. The molecule has 0 aliphatic carbocycles. The number of non-ortho nitro benzene ring substituents is 1. The van der Waals surface area contributed by atoms with Crippen LogP contribution in [0, 0.1) is 10.1 Å². The first-order valence-electron chi connectivity index (χ1n) is 6.97. The largest absolute Gasteiger partial charge is 0.346 e. The summed E-state index contributed by atoms with van der Waals surface area (Å²) in [6.07, 6.45) is -0.537. The Hall–Kier alpha value is -1.55. The van der Waals surface area contributed by atoms with E-state index in [1.165, 1.54) is 16.4 Å². The second-order valence-electron chi connectivity index (χ2n) is 5.52. The molecule has 22 heavy (non-hydrogen) atoms. The van der Waals surface area contributed by atoms with E-state index in [0.717, 1.165) is 0 Å². The van der Waals surface area contributed by atoms with Crippen molar-refractivity contribution in [3.63, 3.8) is 0 Å². The van der Waals surface area contributed by atoms with E-state index in [-0.39, 0.29) is 5.69 Å². The van der Waals surface area contributed by atoms with E-state index >= 15 is 0 Å². The van der Waals surface area contributed by atoms with E-state index in [1.54, 1.807) is 12.1 Å². The number of epoxide rings is 1. The van der Waals surface area contributed by atoms with Crippen LogP contribution >= 0.6 is 0 Å². The zero-order valence-corrected chi connectivity index (χ0v) is 12.9. The molecule has 0 unspecified atom stereocenters. The van der Waals surface area contributed by atoms with Crippen molar-refractivity contribution in [2.45, 2.75) is 11.5 Å². The van der Waals surface area contributed by atoms with Crippen molar-refractivity contribution in [1.82, 2.24) is 9.21 Å². The summed E-state index contributed by atoms with van der Waals surface area (Å²) in [4.78, 5) is 12.2. The van der Waals surface area contributed by atoms with E-state index < -0.39 is 26.5 Å². The summed E-state index contributed by atoms with van der Waals surface area (Å²) in [6.45, 7) is 2.33. The monoisotopic (exact) mass is 327 g/mol. The van der Waals surface area contributed by atoms with E-state index in [1.807, 2.05) is 7.05 Å². The van der Waals surface area contributed by atoms with Crippen LogP contribution in [0.1, 0.15) is 11.7 Å². The molecule has 3 rings (SSSR count). The highest BCUT2D eigenvalue weighted by molar-refractivity contribution is 7.89. The van der Waals surface area contributed by atoms with Crippen LogP contribution in [-0.2, 0) is 14.8 Å². The molecule has 0 N–H and O–H groups in total. The molecule has 2 fully saturated rings. The van der Waals surface area contributed by atoms with Crippen LogP contribution in [0.2, 0.25) is 0 Å². The number of nitrogens with zero attached hydrogens (tertiary/aromatic N) is 3. The van der Waals surface area contributed by atoms with Gasteiger partial charge in [-0.3, -0.25) is 10.1 Å². The summed E-state index contributed by atoms with van der Waals surface area (Å²) < 4.78 is 31.8. The zero-order chi connectivity index (χ0) is 15.9. The lowest BCUT2D eigenvalue weighted by Gasteiger charge is -2.31. The SMILES string of the molecule is CN1CCN(S(=O)(=O)[C@@H]2O[C@H]2c2ccc([N+](=O)[O-])cc2)CC1. The standard InChI is InChI=1S/C13H17N3O5S/c1-14-6-8-15(9-7-14)22(19,20)13-12(21-13)10-2-4-11(5-3-10)16(17)18/h2-5,12-13H,6-9H2,1H3/t12-,13-/m0/s1. The van der Waals surface area contributed by atoms with Gasteiger partial charge in [0.2, 0.25) is 15.5 Å². The minimum atomic E-state index is -3.49. The molecule has 9 heteroatoms. The van der Waals surface area contributed by atoms with Gasteiger partial charge in [0.1, 0.15) is 6.10 Å². The third kappa shape index (κ3) is 2.84. The fourth-order valence-corrected chi connectivity index (χ4v) is 4.23. The molecule has 0 bridgehead atoms. The fourth-order valence-electron chi connectivity index (χ4n) is 2.54. The number of nitro groups is 1. The Morgan fingerprint density at radius 2 is 1.77 bits per heavy atom. The van der Waals surface area contributed by atoms with Crippen molar-refractivity contribution in [2.75, 3.05) is 33.2 Å². The summed E-state index contributed by atoms with van der Waals surface area (Å²) in [7, 11) is -1.53. The number of likely N-dealkylation sites (N-methyl/N-ethyl adjacent to an activating group) is 1. The molecule has 0 amide bonds. The number of hydrogen-bond donors (Lipinski definition) is 0. The number of nitro benzene ring substituents is 1. The van der Waals surface area contributed by atoms with Gasteiger partial charge < -0.3 is 9.64 Å². The maximum Gasteiger partial charge on any atom is 0.269 e. The molecular weight excluding hydrogens is 310 g/mol. The van der Waals surface area contributed by atoms with Crippen molar-refractivity contribution in [3.05, 3.63) is 39.9 Å². The Kier molecular flexibility index (Phi) is 3.89. The number of sulfonamides is 1. The Balaban J connectivity index is 1.69. The van der Waals surface area contributed by atoms with Crippen LogP contribution < -0.4 is 0 Å². The molecule has 0 spiro atoms. The quantitative estimate of drug-likeness (QED) is 0.456. The van der Waals surface area contributed by atoms with Gasteiger partial charge in [0, 0.05) is 38.3 Å². The van der Waals surface area contributed by atoms with E-state index in [0.29, 0.717) is 31.7 Å². The second-order valence-corrected chi connectivity index (χ2v) is 7.53. The molecule has 8 nitrogen and oxygen atoms in total. The molecular formula is C13H17N3O5S. The van der Waals surface area contributed by atoms with Gasteiger partial charge in [0.05, 0.1) is 4.92 Å². The molecule has 0 aromatic heterocycles. The Morgan fingerprint density at radius 3 is 2.32 bits per heavy atom. The van der Waals surface area contributed by atoms with Gasteiger partial charge in [-0.25, -0.2) is 8.42 Å². The average Bonchev–Trinajstić information content (AvgIpc) is 3.29. The third-order valence-corrected chi connectivity index (χ3v) is 6.03. The molecule has 120 valence electrons. The fraction of sp³-hybridized carbons (Fsp3) is 0.538. The van der Waals surface area contributed by atoms with Crippen molar-refractivity contribution >= 4 is 15.7 Å². The lowest BCUT2D eigenvalue weighted by molar-refractivity contribution is -0.384. The molecule has 2 aliphatic rings. The lowest BCUT2D eigenvalue weighted by atomic mass is 10.1. The van der Waals surface area contributed by atoms with Gasteiger partial charge in [-0.15, -0.1) is 0 Å². The van der Waals surface area contributed by atoms with Gasteiger partial charge in [-0.1, -0.05) is 0 Å². The first-order chi connectivity index (χ1) is 10.4. The van der Waals surface area contributed by atoms with Gasteiger partial charge in [-0.05, 0) is 24.7 Å². The van der Waals surface area contributed by atoms with Crippen LogP contribution in [0.5, 0.6) is 0 Å². The highest BCUT2D eigenvalue weighted by Crippen LogP contribution is 2.43. The van der Waals surface area contributed by atoms with E-state index in [9.17, 15) is 18.5 Å². The van der Waals surface area contributed by atoms with Crippen LogP contribution in [0.4, 0.5) is 5.69 Å². The first kappa shape index (κ1) is 15.3. The smallest absolute Gasteiger partial charge is 0.269 e. The maximum atomic E-state index is 12.5. The molecule has 2 aliphatic heterocycles. The van der Waals surface area contributed by atoms with Crippen molar-refractivity contribution in [3.8, 4) is 0 Å². The van der Waals surface area contributed by atoms with Crippen LogP contribution in [0.15, 0.2) is 24.3 Å². The molecule has 0 radical (unpaired) electrons. The minimum Gasteiger partial charge on any atom is -0.346 e. The highest BCUT2D eigenvalue weighted by atomic mass is 32.2. The summed E-state index contributed by atoms with van der Waals surface area (Å²) in [5, 5.41) is 10.6. The van der Waals surface area contributed by atoms with E-state index in [4.69, 9.17) is 4.74 Å². The van der Waals surface area contributed by atoms with Crippen molar-refractivity contribution in [1.29, 1.82) is 0 Å². The zero-order valence-electron chi connectivity index (χ0n) is 12.1. The Labute approximate surface area is 128 Å². The average molecular weight is 327 g/mol. The van der Waals surface area contributed by atoms with Gasteiger partial charge in [-0.2, -0.15) is 4.31 Å². The van der Waals surface area contributed by atoms with Crippen LogP contribution in [-0.4, -0.2) is 61.2 Å². The highest BCUT2D eigenvalue weighted by Gasteiger charge is 2.52. The first-order valence-corrected chi connectivity index (χ1v) is 8.47. The second kappa shape index (κ2) is 5.58. The summed E-state index contributed by atoms with van der Waals surface area (Å²) in [6, 6.07) is 5.80. The number of benzene rings is 1. The topological polar surface area (TPSA) is 96.3 Å². The van der Waals surface area contributed by atoms with Gasteiger partial charge in [0.15, 0.2) is 0 Å². The summed E-state index contributed by atoms with van der Waals surface area (Å²) in [5.41, 5.74) is -0.256. The molecule has 1 aromatic rings.